The summed E-state index contributed by atoms with van der Waals surface area (Å²) in [5.41, 5.74) is -0.0142. The first-order chi connectivity index (χ1) is 12.9. The number of benzene rings is 1. The van der Waals surface area contributed by atoms with Gasteiger partial charge in [0.1, 0.15) is 22.9 Å². The third-order valence-electron chi connectivity index (χ3n) is 4.85. The minimum atomic E-state index is -0.642. The van der Waals surface area contributed by atoms with Gasteiger partial charge in [0.2, 0.25) is 5.88 Å². The van der Waals surface area contributed by atoms with Gasteiger partial charge in [-0.2, -0.15) is 0 Å². The van der Waals surface area contributed by atoms with Gasteiger partial charge in [0.15, 0.2) is 0 Å². The Morgan fingerprint density at radius 3 is 2.70 bits per heavy atom. The van der Waals surface area contributed by atoms with E-state index in [0.29, 0.717) is 12.5 Å². The average molecular weight is 395 g/mol. The minimum absolute atomic E-state index is 0.0142. The summed E-state index contributed by atoms with van der Waals surface area (Å²) in [6.45, 7) is 2.77. The Labute approximate surface area is 161 Å². The molecule has 0 saturated heterocycles. The van der Waals surface area contributed by atoms with Crippen molar-refractivity contribution in [2.75, 3.05) is 6.54 Å². The van der Waals surface area contributed by atoms with E-state index in [4.69, 9.17) is 16.3 Å². The Balaban J connectivity index is 1.71. The summed E-state index contributed by atoms with van der Waals surface area (Å²) in [6.07, 6.45) is 5.41. The van der Waals surface area contributed by atoms with E-state index in [1.165, 1.54) is 12.1 Å². The smallest absolute Gasteiger partial charge is 0.256 e. The molecule has 0 spiro atoms. The number of nitrogens with one attached hydrogen (secondary N) is 1. The van der Waals surface area contributed by atoms with Gasteiger partial charge in [0.25, 0.3) is 5.91 Å². The fraction of sp³-hybridized carbons (Fsp3) is 0.400. The molecule has 1 aliphatic carbocycles. The zero-order chi connectivity index (χ0) is 19.4. The molecular formula is C20H21ClF2N2O2. The first-order valence-corrected chi connectivity index (χ1v) is 9.37. The van der Waals surface area contributed by atoms with E-state index in [-0.39, 0.29) is 22.2 Å². The van der Waals surface area contributed by atoms with E-state index in [0.717, 1.165) is 49.9 Å². The van der Waals surface area contributed by atoms with Crippen LogP contribution in [0.3, 0.4) is 0 Å². The largest absolute Gasteiger partial charge is 0.438 e. The van der Waals surface area contributed by atoms with E-state index in [9.17, 15) is 13.6 Å². The zero-order valence-electron chi connectivity index (χ0n) is 15.0. The highest BCUT2D eigenvalue weighted by Gasteiger charge is 2.21. The summed E-state index contributed by atoms with van der Waals surface area (Å²) in [5, 5.41) is 2.73. The quantitative estimate of drug-likeness (QED) is 0.742. The van der Waals surface area contributed by atoms with Crippen LogP contribution in [0.1, 0.15) is 43.0 Å². The van der Waals surface area contributed by atoms with Gasteiger partial charge in [0.05, 0.1) is 11.2 Å². The predicted molar refractivity (Wildman–Crippen MR) is 99.1 cm³/mol. The number of hydrogen-bond acceptors (Lipinski definition) is 3. The topological polar surface area (TPSA) is 51.2 Å². The van der Waals surface area contributed by atoms with Gasteiger partial charge >= 0.3 is 0 Å². The third-order valence-corrected chi connectivity index (χ3v) is 5.14. The van der Waals surface area contributed by atoms with Crippen LogP contribution in [0.15, 0.2) is 30.5 Å². The molecule has 1 saturated carbocycles. The van der Waals surface area contributed by atoms with Crippen LogP contribution in [0.2, 0.25) is 5.02 Å². The number of rotatable bonds is 5. The zero-order valence-corrected chi connectivity index (χ0v) is 15.7. The van der Waals surface area contributed by atoms with E-state index < -0.39 is 17.5 Å². The summed E-state index contributed by atoms with van der Waals surface area (Å²) in [7, 11) is 0. The Kier molecular flexibility index (Phi) is 6.26. The summed E-state index contributed by atoms with van der Waals surface area (Å²) in [6, 6.07) is 4.85. The number of carbonyl (C=O) groups excluding carboxylic acids is 1. The molecule has 0 aliphatic heterocycles. The first kappa shape index (κ1) is 19.5. The molecule has 1 fully saturated rings. The first-order valence-electron chi connectivity index (χ1n) is 8.99. The number of aromatic nitrogens is 1. The fourth-order valence-corrected chi connectivity index (χ4v) is 3.36. The lowest BCUT2D eigenvalue weighted by Gasteiger charge is -2.26. The molecule has 1 amide bonds. The van der Waals surface area contributed by atoms with Crippen molar-refractivity contribution in [3.63, 3.8) is 0 Å². The third kappa shape index (κ3) is 5.16. The molecule has 1 N–H and O–H groups in total. The second kappa shape index (κ2) is 8.65. The van der Waals surface area contributed by atoms with Gasteiger partial charge in [-0.25, -0.2) is 13.8 Å². The average Bonchev–Trinajstić information content (AvgIpc) is 2.65. The number of nitrogens with zero attached hydrogens (tertiary/aromatic N) is 1. The van der Waals surface area contributed by atoms with Crippen LogP contribution in [0.25, 0.3) is 0 Å². The second-order valence-corrected chi connectivity index (χ2v) is 7.43. The van der Waals surface area contributed by atoms with E-state index in [2.05, 4.69) is 17.2 Å². The molecule has 27 heavy (non-hydrogen) atoms. The van der Waals surface area contributed by atoms with Gasteiger partial charge < -0.3 is 10.1 Å². The lowest BCUT2D eigenvalue weighted by molar-refractivity contribution is 0.0938. The molecular weight excluding hydrogens is 374 g/mol. The molecule has 144 valence electrons. The lowest BCUT2D eigenvalue weighted by atomic mass is 9.83. The molecule has 1 aromatic heterocycles. The maximum atomic E-state index is 13.6. The summed E-state index contributed by atoms with van der Waals surface area (Å²) in [4.78, 5) is 16.4. The molecule has 0 unspecified atom stereocenters. The summed E-state index contributed by atoms with van der Waals surface area (Å²) in [5.74, 6) is -0.390. The van der Waals surface area contributed by atoms with Crippen LogP contribution < -0.4 is 10.1 Å². The molecule has 2 aromatic rings. The van der Waals surface area contributed by atoms with Gasteiger partial charge in [-0.05, 0) is 42.9 Å². The van der Waals surface area contributed by atoms with E-state index in [1.807, 2.05) is 0 Å². The SMILES string of the molecule is CC1CCC(CNC(=O)c2cc(F)cnc2Oc2ccc(F)c(Cl)c2)CC1. The Bertz CT molecular complexity index is 824. The van der Waals surface area contributed by atoms with Gasteiger partial charge in [0, 0.05) is 12.6 Å². The van der Waals surface area contributed by atoms with Gasteiger partial charge in [-0.3, -0.25) is 4.79 Å². The van der Waals surface area contributed by atoms with Crippen LogP contribution in [-0.2, 0) is 0 Å². The Morgan fingerprint density at radius 1 is 1.26 bits per heavy atom. The standard InChI is InChI=1S/C20H21ClF2N2O2/c1-12-2-4-13(5-3-12)10-24-19(26)16-8-14(22)11-25-20(16)27-15-6-7-18(23)17(21)9-15/h6-9,11-13H,2-5,10H2,1H3,(H,24,26). The van der Waals surface area contributed by atoms with Gasteiger partial charge in [-0.15, -0.1) is 0 Å². The number of ether oxygens (including phenoxy) is 1. The highest BCUT2D eigenvalue weighted by Crippen LogP contribution is 2.29. The van der Waals surface area contributed by atoms with Crippen molar-refractivity contribution >= 4 is 17.5 Å². The van der Waals surface area contributed by atoms with Crippen molar-refractivity contribution < 1.29 is 18.3 Å². The molecule has 1 aliphatic rings. The maximum absolute atomic E-state index is 13.6. The Hall–Kier alpha value is -2.21. The van der Waals surface area contributed by atoms with Crippen LogP contribution in [-0.4, -0.2) is 17.4 Å². The van der Waals surface area contributed by atoms with Crippen molar-refractivity contribution in [1.29, 1.82) is 0 Å². The van der Waals surface area contributed by atoms with Crippen molar-refractivity contribution in [1.82, 2.24) is 10.3 Å². The fourth-order valence-electron chi connectivity index (χ4n) is 3.19. The van der Waals surface area contributed by atoms with Crippen molar-refractivity contribution in [2.24, 2.45) is 11.8 Å². The Morgan fingerprint density at radius 2 is 2.00 bits per heavy atom. The molecule has 1 heterocycles. The molecule has 0 radical (unpaired) electrons. The van der Waals surface area contributed by atoms with Crippen molar-refractivity contribution in [2.45, 2.75) is 32.6 Å². The van der Waals surface area contributed by atoms with Crippen LogP contribution in [0.4, 0.5) is 8.78 Å². The molecule has 1 aromatic carbocycles. The molecule has 4 nitrogen and oxygen atoms in total. The monoisotopic (exact) mass is 394 g/mol. The summed E-state index contributed by atoms with van der Waals surface area (Å²) < 4.78 is 32.5. The number of amides is 1. The summed E-state index contributed by atoms with van der Waals surface area (Å²) >= 11 is 5.74. The molecule has 0 atom stereocenters. The van der Waals surface area contributed by atoms with Crippen molar-refractivity contribution in [3.8, 4) is 11.6 Å². The highest BCUT2D eigenvalue weighted by molar-refractivity contribution is 6.30. The molecule has 0 bridgehead atoms. The molecule has 3 rings (SSSR count). The number of halogens is 3. The van der Waals surface area contributed by atoms with Gasteiger partial charge in [-0.1, -0.05) is 31.4 Å². The van der Waals surface area contributed by atoms with Crippen molar-refractivity contribution in [3.05, 3.63) is 52.7 Å². The highest BCUT2D eigenvalue weighted by atomic mass is 35.5. The lowest BCUT2D eigenvalue weighted by Crippen LogP contribution is -2.31. The van der Waals surface area contributed by atoms with Crippen LogP contribution >= 0.6 is 11.6 Å². The molecule has 7 heteroatoms. The second-order valence-electron chi connectivity index (χ2n) is 7.02. The normalized spacial score (nSPS) is 19.6. The predicted octanol–water partition coefficient (Wildman–Crippen LogP) is 5.36. The van der Waals surface area contributed by atoms with Crippen LogP contribution in [0.5, 0.6) is 11.6 Å². The maximum Gasteiger partial charge on any atom is 0.256 e. The van der Waals surface area contributed by atoms with Crippen LogP contribution in [0, 0.1) is 23.5 Å². The number of hydrogen-bond donors (Lipinski definition) is 1. The number of carbonyl (C=O) groups is 1. The minimum Gasteiger partial charge on any atom is -0.438 e. The van der Waals surface area contributed by atoms with E-state index >= 15 is 0 Å². The van der Waals surface area contributed by atoms with E-state index in [1.54, 1.807) is 0 Å². The number of pyridine rings is 1.